The molecule has 1 atom stereocenters. The molecule has 0 heterocycles. The number of anilines is 1. The van der Waals surface area contributed by atoms with Crippen LogP contribution in [0.3, 0.4) is 0 Å². The maximum Gasteiger partial charge on any atom is 0.271 e. The summed E-state index contributed by atoms with van der Waals surface area (Å²) in [5, 5.41) is 14.4. The molecule has 0 radical (unpaired) electrons. The highest BCUT2D eigenvalue weighted by Crippen LogP contribution is 2.28. The number of carbonyl (C=O) groups is 2. The van der Waals surface area contributed by atoms with Crippen molar-refractivity contribution < 1.29 is 22.9 Å². The van der Waals surface area contributed by atoms with Crippen LogP contribution in [-0.2, 0) is 26.2 Å². The smallest absolute Gasteiger partial charge is 0.271 e. The third-order valence-corrected chi connectivity index (χ3v) is 7.79. The summed E-state index contributed by atoms with van der Waals surface area (Å²) in [7, 11) is -3.99. The van der Waals surface area contributed by atoms with E-state index in [1.807, 2.05) is 30.3 Å². The number of rotatable bonds is 10. The predicted octanol–water partition coefficient (Wildman–Crippen LogP) is 3.54. The zero-order valence-corrected chi connectivity index (χ0v) is 22.2. The third-order valence-electron chi connectivity index (χ3n) is 6.67. The molecule has 11 heteroatoms. The van der Waals surface area contributed by atoms with E-state index in [0.717, 1.165) is 54.3 Å². The van der Waals surface area contributed by atoms with Crippen LogP contribution in [0.2, 0.25) is 0 Å². The fourth-order valence-corrected chi connectivity index (χ4v) is 5.41. The van der Waals surface area contributed by atoms with Gasteiger partial charge in [-0.1, -0.05) is 55.7 Å². The van der Waals surface area contributed by atoms with E-state index in [2.05, 4.69) is 5.32 Å². The monoisotopic (exact) mass is 530 g/mol. The Morgan fingerprint density at radius 3 is 2.35 bits per heavy atom. The number of carbonyl (C=O) groups excluding carboxylic acids is 2. The molecule has 1 fully saturated rings. The highest BCUT2D eigenvalue weighted by atomic mass is 32.2. The maximum absolute atomic E-state index is 13.7. The van der Waals surface area contributed by atoms with E-state index in [4.69, 9.17) is 0 Å². The Hall–Kier alpha value is -3.47. The molecule has 200 valence electrons. The molecule has 2 aromatic rings. The first-order valence-corrected chi connectivity index (χ1v) is 14.2. The first-order valence-electron chi connectivity index (χ1n) is 12.3. The van der Waals surface area contributed by atoms with Gasteiger partial charge in [0.15, 0.2) is 0 Å². The van der Waals surface area contributed by atoms with E-state index >= 15 is 0 Å². The first-order chi connectivity index (χ1) is 17.5. The van der Waals surface area contributed by atoms with Crippen LogP contribution in [-0.4, -0.2) is 54.9 Å². The molecule has 0 bridgehead atoms. The van der Waals surface area contributed by atoms with Gasteiger partial charge in [-0.05, 0) is 37.8 Å². The number of nitro groups is 1. The van der Waals surface area contributed by atoms with Gasteiger partial charge in [-0.2, -0.15) is 0 Å². The second-order valence-corrected chi connectivity index (χ2v) is 11.4. The second kappa shape index (κ2) is 12.2. The Morgan fingerprint density at radius 1 is 1.11 bits per heavy atom. The van der Waals surface area contributed by atoms with E-state index in [9.17, 15) is 28.1 Å². The number of nitrogens with one attached hydrogen (secondary N) is 1. The van der Waals surface area contributed by atoms with Crippen LogP contribution in [0, 0.1) is 17.0 Å². The van der Waals surface area contributed by atoms with Crippen LogP contribution < -0.4 is 9.62 Å². The van der Waals surface area contributed by atoms with Crippen molar-refractivity contribution in [1.29, 1.82) is 0 Å². The van der Waals surface area contributed by atoms with Gasteiger partial charge >= 0.3 is 0 Å². The molecule has 3 rings (SSSR count). The van der Waals surface area contributed by atoms with Crippen molar-refractivity contribution in [3.8, 4) is 0 Å². The maximum atomic E-state index is 13.7. The fraction of sp³-hybridized carbons (Fsp3) is 0.462. The Labute approximate surface area is 217 Å². The molecular weight excluding hydrogens is 496 g/mol. The summed E-state index contributed by atoms with van der Waals surface area (Å²) in [6, 6.07) is 12.2. The van der Waals surface area contributed by atoms with Crippen molar-refractivity contribution >= 4 is 33.2 Å². The Bertz CT molecular complexity index is 1230. The normalized spacial score (nSPS) is 15.0. The van der Waals surface area contributed by atoms with Crippen LogP contribution in [0.15, 0.2) is 48.5 Å². The predicted molar refractivity (Wildman–Crippen MR) is 141 cm³/mol. The zero-order chi connectivity index (χ0) is 27.2. The van der Waals surface area contributed by atoms with Gasteiger partial charge in [0.25, 0.3) is 5.69 Å². The SMILES string of the molecule is Cc1ccc([N+](=O)[O-])cc1N(CC(=O)N(Cc1ccccc1)[C@H](C)C(=O)NC1CCCCC1)S(C)(=O)=O. The lowest BCUT2D eigenvalue weighted by molar-refractivity contribution is -0.384. The molecular formula is C26H34N4O6S. The molecule has 0 saturated heterocycles. The molecule has 2 aromatic carbocycles. The number of hydrogen-bond donors (Lipinski definition) is 1. The Balaban J connectivity index is 1.91. The minimum Gasteiger partial charge on any atom is -0.352 e. The van der Waals surface area contributed by atoms with Crippen molar-refractivity contribution in [2.75, 3.05) is 17.1 Å². The summed E-state index contributed by atoms with van der Waals surface area (Å²) in [6.07, 6.45) is 5.94. The van der Waals surface area contributed by atoms with Gasteiger partial charge in [0.2, 0.25) is 21.8 Å². The zero-order valence-electron chi connectivity index (χ0n) is 21.4. The highest BCUT2D eigenvalue weighted by Gasteiger charge is 2.32. The molecule has 0 aromatic heterocycles. The molecule has 0 aliphatic heterocycles. The van der Waals surface area contributed by atoms with Crippen LogP contribution in [0.25, 0.3) is 0 Å². The van der Waals surface area contributed by atoms with Crippen LogP contribution in [0.1, 0.15) is 50.2 Å². The van der Waals surface area contributed by atoms with Gasteiger partial charge in [0.1, 0.15) is 12.6 Å². The van der Waals surface area contributed by atoms with Crippen LogP contribution >= 0.6 is 0 Å². The average molecular weight is 531 g/mol. The molecule has 10 nitrogen and oxygen atoms in total. The lowest BCUT2D eigenvalue weighted by Crippen LogP contribution is -2.53. The van der Waals surface area contributed by atoms with Crippen molar-refractivity contribution in [2.45, 2.75) is 64.6 Å². The van der Waals surface area contributed by atoms with Gasteiger partial charge in [-0.15, -0.1) is 0 Å². The average Bonchev–Trinajstić information content (AvgIpc) is 2.86. The van der Waals surface area contributed by atoms with E-state index in [1.165, 1.54) is 17.0 Å². The van der Waals surface area contributed by atoms with Crippen molar-refractivity contribution in [2.24, 2.45) is 0 Å². The summed E-state index contributed by atoms with van der Waals surface area (Å²) in [4.78, 5) is 38.9. The van der Waals surface area contributed by atoms with Crippen molar-refractivity contribution in [3.05, 3.63) is 69.8 Å². The minimum absolute atomic E-state index is 0.0454. The number of nitrogens with zero attached hydrogens (tertiary/aromatic N) is 3. The van der Waals surface area contributed by atoms with E-state index in [0.29, 0.717) is 5.56 Å². The van der Waals surface area contributed by atoms with E-state index in [1.54, 1.807) is 13.8 Å². The summed E-state index contributed by atoms with van der Waals surface area (Å²) in [5.41, 5.74) is 0.999. The summed E-state index contributed by atoms with van der Waals surface area (Å²) in [6.45, 7) is 2.74. The van der Waals surface area contributed by atoms with Gasteiger partial charge in [0, 0.05) is 24.7 Å². The molecule has 1 N–H and O–H groups in total. The molecule has 2 amide bonds. The number of benzene rings is 2. The Morgan fingerprint density at radius 2 is 1.76 bits per heavy atom. The third kappa shape index (κ3) is 7.51. The van der Waals surface area contributed by atoms with Gasteiger partial charge < -0.3 is 10.2 Å². The summed E-state index contributed by atoms with van der Waals surface area (Å²) < 4.78 is 26.4. The molecule has 0 spiro atoms. The van der Waals surface area contributed by atoms with E-state index in [-0.39, 0.29) is 29.9 Å². The molecule has 1 saturated carbocycles. The number of nitro benzene ring substituents is 1. The number of hydrogen-bond acceptors (Lipinski definition) is 6. The Kier molecular flexibility index (Phi) is 9.25. The summed E-state index contributed by atoms with van der Waals surface area (Å²) >= 11 is 0. The lowest BCUT2D eigenvalue weighted by atomic mass is 9.95. The topological polar surface area (TPSA) is 130 Å². The molecule has 1 aliphatic carbocycles. The largest absolute Gasteiger partial charge is 0.352 e. The van der Waals surface area contributed by atoms with Gasteiger partial charge in [-0.25, -0.2) is 8.42 Å². The molecule has 37 heavy (non-hydrogen) atoms. The quantitative estimate of drug-likeness (QED) is 0.369. The lowest BCUT2D eigenvalue weighted by Gasteiger charge is -2.33. The van der Waals surface area contributed by atoms with Gasteiger partial charge in [0.05, 0.1) is 16.9 Å². The first kappa shape index (κ1) is 28.1. The molecule has 1 aliphatic rings. The summed E-state index contributed by atoms with van der Waals surface area (Å²) in [5.74, 6) is -0.889. The highest BCUT2D eigenvalue weighted by molar-refractivity contribution is 7.92. The minimum atomic E-state index is -3.99. The molecule has 0 unspecified atom stereocenters. The van der Waals surface area contributed by atoms with Gasteiger partial charge in [-0.3, -0.25) is 24.0 Å². The fourth-order valence-electron chi connectivity index (χ4n) is 4.51. The van der Waals surface area contributed by atoms with Crippen LogP contribution in [0.4, 0.5) is 11.4 Å². The standard InChI is InChI=1S/C26H34N4O6S/c1-19-14-15-23(30(33)34)16-24(19)29(37(3,35)36)18-25(31)28(17-21-10-6-4-7-11-21)20(2)26(32)27-22-12-8-5-9-13-22/h4,6-7,10-11,14-16,20,22H,5,8-9,12-13,17-18H2,1-3H3,(H,27,32)/t20-/m1/s1. The second-order valence-electron chi connectivity index (χ2n) is 9.52. The number of non-ortho nitro benzene ring substituents is 1. The van der Waals surface area contributed by atoms with Crippen molar-refractivity contribution in [3.63, 3.8) is 0 Å². The van der Waals surface area contributed by atoms with Crippen LogP contribution in [0.5, 0.6) is 0 Å². The number of amides is 2. The number of sulfonamides is 1. The van der Waals surface area contributed by atoms with E-state index < -0.39 is 33.4 Å². The van der Waals surface area contributed by atoms with Crippen molar-refractivity contribution in [1.82, 2.24) is 10.2 Å². The number of aryl methyl sites for hydroxylation is 1.